The molecule has 0 atom stereocenters. The molecule has 0 spiro atoms. The normalized spacial score (nSPS) is 10.7. The van der Waals surface area contributed by atoms with Crippen LogP contribution in [0.4, 0.5) is 0 Å². The van der Waals surface area contributed by atoms with Crippen LogP contribution in [0.2, 0.25) is 0 Å². The number of fused-ring (bicyclic) bond motifs is 1. The number of hydrogen-bond donors (Lipinski definition) is 0. The predicted octanol–water partition coefficient (Wildman–Crippen LogP) is 4.12. The van der Waals surface area contributed by atoms with Gasteiger partial charge in [-0.25, -0.2) is 0 Å². The van der Waals surface area contributed by atoms with Crippen LogP contribution in [0.15, 0.2) is 24.3 Å². The quantitative estimate of drug-likeness (QED) is 0.805. The van der Waals surface area contributed by atoms with Crippen molar-refractivity contribution in [3.63, 3.8) is 0 Å². The van der Waals surface area contributed by atoms with E-state index < -0.39 is 0 Å². The molecule has 2 rings (SSSR count). The molecule has 2 heteroatoms. The third-order valence-electron chi connectivity index (χ3n) is 3.39. The number of rotatable bonds is 4. The minimum Gasteiger partial charge on any atom is -0.496 e. The molecule has 0 N–H and O–H groups in total. The molecule has 96 valence electrons. The van der Waals surface area contributed by atoms with Gasteiger partial charge in [-0.05, 0) is 18.9 Å². The van der Waals surface area contributed by atoms with Crippen LogP contribution in [0.3, 0.4) is 0 Å². The van der Waals surface area contributed by atoms with Crippen LogP contribution in [-0.4, -0.2) is 14.2 Å². The second kappa shape index (κ2) is 5.30. The number of hydrogen-bond acceptors (Lipinski definition) is 2. The Hall–Kier alpha value is -1.70. The molecule has 0 amide bonds. The average Bonchev–Trinajstić information content (AvgIpc) is 2.40. The summed E-state index contributed by atoms with van der Waals surface area (Å²) in [6.07, 6.45) is 2.11. The summed E-state index contributed by atoms with van der Waals surface area (Å²) >= 11 is 0. The van der Waals surface area contributed by atoms with Crippen LogP contribution in [-0.2, 0) is 6.42 Å². The van der Waals surface area contributed by atoms with Gasteiger partial charge in [-0.3, -0.25) is 0 Å². The van der Waals surface area contributed by atoms with E-state index in [1.807, 2.05) is 12.1 Å². The molecule has 0 saturated heterocycles. The first-order valence-corrected chi connectivity index (χ1v) is 6.36. The predicted molar refractivity (Wildman–Crippen MR) is 75.8 cm³/mol. The van der Waals surface area contributed by atoms with E-state index in [0.717, 1.165) is 35.1 Å². The van der Waals surface area contributed by atoms with Crippen molar-refractivity contribution in [3.05, 3.63) is 35.4 Å². The SMILES string of the molecule is CCCc1c(C)c(OC)c2ccccc2c1OC. The van der Waals surface area contributed by atoms with Crippen molar-refractivity contribution in [2.75, 3.05) is 14.2 Å². The highest BCUT2D eigenvalue weighted by Gasteiger charge is 2.16. The highest BCUT2D eigenvalue weighted by atomic mass is 16.5. The Bertz CT molecular complexity index is 559. The molecule has 0 saturated carbocycles. The summed E-state index contributed by atoms with van der Waals surface area (Å²) in [4.78, 5) is 0. The van der Waals surface area contributed by atoms with Gasteiger partial charge in [0.2, 0.25) is 0 Å². The van der Waals surface area contributed by atoms with Crippen molar-refractivity contribution < 1.29 is 9.47 Å². The number of benzene rings is 2. The van der Waals surface area contributed by atoms with Gasteiger partial charge in [0.05, 0.1) is 14.2 Å². The van der Waals surface area contributed by atoms with E-state index in [-0.39, 0.29) is 0 Å². The minimum atomic E-state index is 0.967. The summed E-state index contributed by atoms with van der Waals surface area (Å²) in [6.45, 7) is 4.29. The average molecular weight is 244 g/mol. The van der Waals surface area contributed by atoms with Crippen LogP contribution >= 0.6 is 0 Å². The Kier molecular flexibility index (Phi) is 3.75. The van der Waals surface area contributed by atoms with E-state index in [2.05, 4.69) is 26.0 Å². The summed E-state index contributed by atoms with van der Waals surface area (Å²) < 4.78 is 11.2. The maximum Gasteiger partial charge on any atom is 0.130 e. The van der Waals surface area contributed by atoms with E-state index in [9.17, 15) is 0 Å². The molecule has 0 aliphatic heterocycles. The fourth-order valence-corrected chi connectivity index (χ4v) is 2.60. The van der Waals surface area contributed by atoms with Gasteiger partial charge in [-0.15, -0.1) is 0 Å². The molecule has 0 aromatic heterocycles. The van der Waals surface area contributed by atoms with E-state index in [0.29, 0.717) is 0 Å². The second-order valence-corrected chi connectivity index (χ2v) is 4.47. The molecular formula is C16H20O2. The Balaban J connectivity index is 2.86. The molecule has 2 aromatic rings. The van der Waals surface area contributed by atoms with Crippen LogP contribution in [0.25, 0.3) is 10.8 Å². The van der Waals surface area contributed by atoms with Gasteiger partial charge in [0.25, 0.3) is 0 Å². The number of ether oxygens (including phenoxy) is 2. The maximum absolute atomic E-state index is 5.64. The molecule has 0 aliphatic carbocycles. The Labute approximate surface area is 109 Å². The van der Waals surface area contributed by atoms with Crippen LogP contribution in [0.1, 0.15) is 24.5 Å². The first-order valence-electron chi connectivity index (χ1n) is 6.36. The largest absolute Gasteiger partial charge is 0.496 e. The van der Waals surface area contributed by atoms with Crippen LogP contribution in [0.5, 0.6) is 11.5 Å². The zero-order valence-corrected chi connectivity index (χ0v) is 11.5. The minimum absolute atomic E-state index is 0.967. The number of methoxy groups -OCH3 is 2. The zero-order valence-electron chi connectivity index (χ0n) is 11.5. The summed E-state index contributed by atoms with van der Waals surface area (Å²) in [5.41, 5.74) is 2.45. The van der Waals surface area contributed by atoms with Crippen LogP contribution in [0, 0.1) is 6.92 Å². The van der Waals surface area contributed by atoms with Gasteiger partial charge in [-0.1, -0.05) is 37.6 Å². The zero-order chi connectivity index (χ0) is 13.1. The lowest BCUT2D eigenvalue weighted by atomic mass is 9.96. The first-order chi connectivity index (χ1) is 8.74. The Morgan fingerprint density at radius 1 is 0.944 bits per heavy atom. The van der Waals surface area contributed by atoms with Crippen molar-refractivity contribution in [2.45, 2.75) is 26.7 Å². The van der Waals surface area contributed by atoms with Crippen molar-refractivity contribution in [1.82, 2.24) is 0 Å². The molecule has 0 radical (unpaired) electrons. The van der Waals surface area contributed by atoms with Gasteiger partial charge >= 0.3 is 0 Å². The maximum atomic E-state index is 5.64. The molecular weight excluding hydrogens is 224 g/mol. The molecule has 2 nitrogen and oxygen atoms in total. The van der Waals surface area contributed by atoms with Crippen molar-refractivity contribution >= 4 is 10.8 Å². The molecule has 18 heavy (non-hydrogen) atoms. The van der Waals surface area contributed by atoms with Gasteiger partial charge in [0.1, 0.15) is 11.5 Å². The highest BCUT2D eigenvalue weighted by molar-refractivity contribution is 5.96. The smallest absolute Gasteiger partial charge is 0.130 e. The van der Waals surface area contributed by atoms with E-state index in [4.69, 9.17) is 9.47 Å². The van der Waals surface area contributed by atoms with E-state index in [1.54, 1.807) is 14.2 Å². The van der Waals surface area contributed by atoms with Gasteiger partial charge in [-0.2, -0.15) is 0 Å². The second-order valence-electron chi connectivity index (χ2n) is 4.47. The monoisotopic (exact) mass is 244 g/mol. The lowest BCUT2D eigenvalue weighted by Gasteiger charge is -2.18. The third-order valence-corrected chi connectivity index (χ3v) is 3.39. The summed E-state index contributed by atoms with van der Waals surface area (Å²) in [5, 5.41) is 2.25. The summed E-state index contributed by atoms with van der Waals surface area (Å²) in [7, 11) is 3.48. The molecule has 0 aliphatic rings. The Morgan fingerprint density at radius 2 is 1.50 bits per heavy atom. The standard InChI is InChI=1S/C16H20O2/c1-5-8-12-11(2)15(17-3)13-9-6-7-10-14(13)16(12)18-4/h6-7,9-10H,5,8H2,1-4H3. The first kappa shape index (κ1) is 12.7. The van der Waals surface area contributed by atoms with Crippen molar-refractivity contribution in [1.29, 1.82) is 0 Å². The molecule has 0 heterocycles. The summed E-state index contributed by atoms with van der Waals surface area (Å²) in [5.74, 6) is 1.96. The van der Waals surface area contributed by atoms with Crippen molar-refractivity contribution in [3.8, 4) is 11.5 Å². The molecule has 2 aromatic carbocycles. The van der Waals surface area contributed by atoms with Gasteiger partial charge in [0, 0.05) is 16.3 Å². The fourth-order valence-electron chi connectivity index (χ4n) is 2.60. The molecule has 0 bridgehead atoms. The lowest BCUT2D eigenvalue weighted by Crippen LogP contribution is -2.00. The highest BCUT2D eigenvalue weighted by Crippen LogP contribution is 2.40. The van der Waals surface area contributed by atoms with Gasteiger partial charge in [0.15, 0.2) is 0 Å². The van der Waals surface area contributed by atoms with E-state index in [1.165, 1.54) is 11.1 Å². The fraction of sp³-hybridized carbons (Fsp3) is 0.375. The Morgan fingerprint density at radius 3 is 2.00 bits per heavy atom. The van der Waals surface area contributed by atoms with Gasteiger partial charge < -0.3 is 9.47 Å². The van der Waals surface area contributed by atoms with Crippen molar-refractivity contribution in [2.24, 2.45) is 0 Å². The van der Waals surface area contributed by atoms with E-state index >= 15 is 0 Å². The molecule has 0 fully saturated rings. The van der Waals surface area contributed by atoms with Crippen LogP contribution < -0.4 is 9.47 Å². The molecule has 0 unspecified atom stereocenters. The third kappa shape index (κ3) is 1.92. The topological polar surface area (TPSA) is 18.5 Å². The summed E-state index contributed by atoms with van der Waals surface area (Å²) in [6, 6.07) is 8.24. The lowest BCUT2D eigenvalue weighted by molar-refractivity contribution is 0.403.